The fourth-order valence-electron chi connectivity index (χ4n) is 1.19. The lowest BCUT2D eigenvalue weighted by Gasteiger charge is -2.21. The highest BCUT2D eigenvalue weighted by molar-refractivity contribution is 4.64. The fraction of sp³-hybridized carbons (Fsp3) is 1.00. The molecule has 0 aliphatic carbocycles. The summed E-state index contributed by atoms with van der Waals surface area (Å²) in [6, 6.07) is 0. The normalized spacial score (nSPS) is 10.6. The van der Waals surface area contributed by atoms with Crippen LogP contribution in [0.1, 0.15) is 89.0 Å². The van der Waals surface area contributed by atoms with Crippen molar-refractivity contribution in [2.24, 2.45) is 11.3 Å². The van der Waals surface area contributed by atoms with Crippen LogP contribution in [0.4, 0.5) is 0 Å². The van der Waals surface area contributed by atoms with Gasteiger partial charge in [-0.15, -0.1) is 0 Å². The Labute approximate surface area is 101 Å². The summed E-state index contributed by atoms with van der Waals surface area (Å²) in [6.45, 7) is 23.5. The van der Waals surface area contributed by atoms with E-state index in [0.29, 0.717) is 5.41 Å². The second-order valence-corrected chi connectivity index (χ2v) is 4.28. The highest BCUT2D eigenvalue weighted by Gasteiger charge is 2.13. The first-order chi connectivity index (χ1) is 6.95. The summed E-state index contributed by atoms with van der Waals surface area (Å²) in [5, 5.41) is 0. The summed E-state index contributed by atoms with van der Waals surface area (Å²) in [6.07, 6.45) is 2.67. The fourth-order valence-corrected chi connectivity index (χ4v) is 1.19. The minimum atomic E-state index is 0.523. The third-order valence-corrected chi connectivity index (χ3v) is 1.66. The highest BCUT2D eigenvalue weighted by atomic mass is 14.2. The standard InChI is InChI=1S/C9H20.3C2H6/c1-6-8(2)7-9(3,4)5;3*1-2/h8H,6-7H2,1-5H3;3*1-2H3. The zero-order valence-electron chi connectivity index (χ0n) is 13.5. The van der Waals surface area contributed by atoms with Crippen LogP contribution < -0.4 is 0 Å². The van der Waals surface area contributed by atoms with Gasteiger partial charge < -0.3 is 0 Å². The van der Waals surface area contributed by atoms with E-state index in [4.69, 9.17) is 0 Å². The molecule has 0 aromatic carbocycles. The average molecular weight is 218 g/mol. The van der Waals surface area contributed by atoms with Crippen molar-refractivity contribution in [2.45, 2.75) is 89.0 Å². The third kappa shape index (κ3) is 41.1. The van der Waals surface area contributed by atoms with Gasteiger partial charge in [-0.05, 0) is 17.8 Å². The van der Waals surface area contributed by atoms with E-state index < -0.39 is 0 Å². The molecule has 0 heteroatoms. The lowest BCUT2D eigenvalue weighted by molar-refractivity contribution is 0.302. The molecule has 0 N–H and O–H groups in total. The van der Waals surface area contributed by atoms with E-state index in [0.717, 1.165) is 5.92 Å². The molecule has 0 nitrogen and oxygen atoms in total. The van der Waals surface area contributed by atoms with Gasteiger partial charge in [0.1, 0.15) is 0 Å². The molecule has 1 atom stereocenters. The Morgan fingerprint density at radius 2 is 1.07 bits per heavy atom. The SMILES string of the molecule is CC.CC.CC.CCC(C)CC(C)(C)C. The molecular formula is C15H38. The van der Waals surface area contributed by atoms with Gasteiger partial charge in [-0.3, -0.25) is 0 Å². The maximum Gasteiger partial charge on any atom is -0.0380 e. The Hall–Kier alpha value is 0. The average Bonchev–Trinajstić information content (AvgIpc) is 2.24. The molecule has 0 bridgehead atoms. The molecule has 0 aromatic rings. The molecule has 0 saturated heterocycles. The summed E-state index contributed by atoms with van der Waals surface area (Å²) < 4.78 is 0. The molecule has 0 heterocycles. The van der Waals surface area contributed by atoms with Gasteiger partial charge in [-0.1, -0.05) is 82.6 Å². The molecule has 0 aliphatic heterocycles. The number of rotatable bonds is 2. The van der Waals surface area contributed by atoms with Crippen LogP contribution in [0.15, 0.2) is 0 Å². The van der Waals surface area contributed by atoms with Gasteiger partial charge in [0.2, 0.25) is 0 Å². The van der Waals surface area contributed by atoms with Crippen molar-refractivity contribution in [1.82, 2.24) is 0 Å². The summed E-state index contributed by atoms with van der Waals surface area (Å²) in [7, 11) is 0. The van der Waals surface area contributed by atoms with Gasteiger partial charge in [0.15, 0.2) is 0 Å². The van der Waals surface area contributed by atoms with Gasteiger partial charge in [-0.25, -0.2) is 0 Å². The van der Waals surface area contributed by atoms with E-state index in [2.05, 4.69) is 34.6 Å². The van der Waals surface area contributed by atoms with E-state index >= 15 is 0 Å². The maximum absolute atomic E-state index is 2.32. The van der Waals surface area contributed by atoms with Crippen LogP contribution in [0.25, 0.3) is 0 Å². The van der Waals surface area contributed by atoms with Crippen molar-refractivity contribution in [3.8, 4) is 0 Å². The summed E-state index contributed by atoms with van der Waals surface area (Å²) >= 11 is 0. The molecular weight excluding hydrogens is 180 g/mol. The summed E-state index contributed by atoms with van der Waals surface area (Å²) in [5.41, 5.74) is 0.523. The van der Waals surface area contributed by atoms with Crippen LogP contribution >= 0.6 is 0 Å². The highest BCUT2D eigenvalue weighted by Crippen LogP contribution is 2.25. The van der Waals surface area contributed by atoms with Crippen molar-refractivity contribution in [3.05, 3.63) is 0 Å². The van der Waals surface area contributed by atoms with E-state index in [1.807, 2.05) is 41.5 Å². The second kappa shape index (κ2) is 19.6. The van der Waals surface area contributed by atoms with Gasteiger partial charge >= 0.3 is 0 Å². The second-order valence-electron chi connectivity index (χ2n) is 4.28. The maximum atomic E-state index is 2.32. The molecule has 1 unspecified atom stereocenters. The smallest absolute Gasteiger partial charge is 0.0380 e. The molecule has 0 aliphatic rings. The molecule has 0 fully saturated rings. The van der Waals surface area contributed by atoms with Crippen LogP contribution in [0, 0.1) is 11.3 Å². The van der Waals surface area contributed by atoms with Gasteiger partial charge in [0.25, 0.3) is 0 Å². The largest absolute Gasteiger partial charge is 0.0683 e. The first-order valence-electron chi connectivity index (χ1n) is 6.95. The molecule has 98 valence electrons. The Morgan fingerprint density at radius 3 is 1.13 bits per heavy atom. The van der Waals surface area contributed by atoms with Crippen molar-refractivity contribution in [2.75, 3.05) is 0 Å². The van der Waals surface area contributed by atoms with Crippen LogP contribution in [-0.2, 0) is 0 Å². The zero-order valence-corrected chi connectivity index (χ0v) is 13.5. The summed E-state index contributed by atoms with van der Waals surface area (Å²) in [4.78, 5) is 0. The Morgan fingerprint density at radius 1 is 0.800 bits per heavy atom. The molecule has 15 heavy (non-hydrogen) atoms. The third-order valence-electron chi connectivity index (χ3n) is 1.66. The topological polar surface area (TPSA) is 0 Å². The van der Waals surface area contributed by atoms with Crippen LogP contribution in [0.5, 0.6) is 0 Å². The quantitative estimate of drug-likeness (QED) is 0.493. The molecule has 0 saturated carbocycles. The molecule has 0 spiro atoms. The van der Waals surface area contributed by atoms with Crippen molar-refractivity contribution >= 4 is 0 Å². The molecule has 0 amide bonds. The lowest BCUT2D eigenvalue weighted by atomic mass is 9.84. The van der Waals surface area contributed by atoms with Gasteiger partial charge in [0.05, 0.1) is 0 Å². The predicted molar refractivity (Wildman–Crippen MR) is 77.6 cm³/mol. The van der Waals surface area contributed by atoms with Crippen LogP contribution in [-0.4, -0.2) is 0 Å². The van der Waals surface area contributed by atoms with Crippen molar-refractivity contribution < 1.29 is 0 Å². The molecule has 0 rings (SSSR count). The lowest BCUT2D eigenvalue weighted by Crippen LogP contribution is -2.09. The van der Waals surface area contributed by atoms with E-state index in [1.165, 1.54) is 12.8 Å². The van der Waals surface area contributed by atoms with Crippen molar-refractivity contribution in [3.63, 3.8) is 0 Å². The minimum absolute atomic E-state index is 0.523. The first kappa shape index (κ1) is 24.3. The van der Waals surface area contributed by atoms with E-state index in [-0.39, 0.29) is 0 Å². The molecule has 0 radical (unpaired) electrons. The Balaban J connectivity index is -0.0000000860. The van der Waals surface area contributed by atoms with Gasteiger partial charge in [-0.2, -0.15) is 0 Å². The van der Waals surface area contributed by atoms with E-state index in [1.54, 1.807) is 0 Å². The zero-order chi connectivity index (χ0) is 13.5. The first-order valence-corrected chi connectivity index (χ1v) is 6.95. The number of hydrogen-bond donors (Lipinski definition) is 0. The Kier molecular flexibility index (Phi) is 31.7. The monoisotopic (exact) mass is 218 g/mol. The number of hydrogen-bond acceptors (Lipinski definition) is 0. The van der Waals surface area contributed by atoms with Crippen LogP contribution in [0.2, 0.25) is 0 Å². The summed E-state index contributed by atoms with van der Waals surface area (Å²) in [5.74, 6) is 0.894. The predicted octanol–water partition coefficient (Wildman–Crippen LogP) is 6.55. The van der Waals surface area contributed by atoms with E-state index in [9.17, 15) is 0 Å². The molecule has 0 aromatic heterocycles. The van der Waals surface area contributed by atoms with Gasteiger partial charge in [0, 0.05) is 0 Å². The Bertz CT molecular complexity index is 66.6. The van der Waals surface area contributed by atoms with Crippen LogP contribution in [0.3, 0.4) is 0 Å². The van der Waals surface area contributed by atoms with Crippen molar-refractivity contribution in [1.29, 1.82) is 0 Å². The minimum Gasteiger partial charge on any atom is -0.0683 e.